The number of carbonyl (C=O) groups is 1. The van der Waals surface area contributed by atoms with Crippen LogP contribution in [0.4, 0.5) is 14.5 Å². The molecule has 0 radical (unpaired) electrons. The Morgan fingerprint density at radius 3 is 2.63 bits per heavy atom. The summed E-state index contributed by atoms with van der Waals surface area (Å²) in [6.45, 7) is 1.65. The van der Waals surface area contributed by atoms with E-state index in [0.717, 1.165) is 11.3 Å². The highest BCUT2D eigenvalue weighted by molar-refractivity contribution is 6.07. The fourth-order valence-electron chi connectivity index (χ4n) is 3.12. The number of anilines is 1. The van der Waals surface area contributed by atoms with Crippen LogP contribution in [0.1, 0.15) is 31.7 Å². The van der Waals surface area contributed by atoms with Crippen LogP contribution in [0.15, 0.2) is 24.3 Å². The summed E-state index contributed by atoms with van der Waals surface area (Å²) < 4.78 is 28.3. The van der Waals surface area contributed by atoms with Gasteiger partial charge < -0.3 is 4.90 Å². The van der Waals surface area contributed by atoms with Crippen molar-refractivity contribution in [1.29, 1.82) is 0 Å². The predicted octanol–water partition coefficient (Wildman–Crippen LogP) is 3.36. The van der Waals surface area contributed by atoms with Crippen LogP contribution in [0, 0.1) is 5.92 Å². The van der Waals surface area contributed by atoms with Gasteiger partial charge in [0.25, 0.3) is 5.92 Å². The van der Waals surface area contributed by atoms with Crippen molar-refractivity contribution >= 4 is 11.6 Å². The Kier molecular flexibility index (Phi) is 2.50. The summed E-state index contributed by atoms with van der Waals surface area (Å²) in [6.07, 6.45) is 0.772. The van der Waals surface area contributed by atoms with Gasteiger partial charge in [0.15, 0.2) is 0 Å². The summed E-state index contributed by atoms with van der Waals surface area (Å²) in [7, 11) is 1.65. The summed E-state index contributed by atoms with van der Waals surface area (Å²) in [5, 5.41) is 0. The molecule has 0 N–H and O–H groups in total. The van der Waals surface area contributed by atoms with Gasteiger partial charge in [0.1, 0.15) is 0 Å². The van der Waals surface area contributed by atoms with Gasteiger partial charge in [-0.3, -0.25) is 4.79 Å². The van der Waals surface area contributed by atoms with Crippen molar-refractivity contribution in [2.24, 2.45) is 5.92 Å². The number of amides is 1. The Morgan fingerprint density at radius 2 is 2.00 bits per heavy atom. The van der Waals surface area contributed by atoms with Crippen LogP contribution in [-0.4, -0.2) is 18.9 Å². The van der Waals surface area contributed by atoms with E-state index >= 15 is 0 Å². The minimum absolute atomic E-state index is 0.228. The van der Waals surface area contributed by atoms with E-state index in [0.29, 0.717) is 12.8 Å². The number of halogens is 2. The summed E-state index contributed by atoms with van der Waals surface area (Å²) in [5.74, 6) is -3.51. The van der Waals surface area contributed by atoms with Crippen molar-refractivity contribution < 1.29 is 13.6 Å². The molecule has 1 aliphatic heterocycles. The number of carbonyl (C=O) groups excluding carboxylic acids is 1. The molecule has 1 aliphatic carbocycles. The zero-order chi connectivity index (χ0) is 13.8. The van der Waals surface area contributed by atoms with Gasteiger partial charge in [0, 0.05) is 25.1 Å². The summed E-state index contributed by atoms with van der Waals surface area (Å²) in [5.41, 5.74) is 0.377. The Hall–Kier alpha value is -1.45. The second-order valence-corrected chi connectivity index (χ2v) is 5.93. The first-order valence-corrected chi connectivity index (χ1v) is 6.62. The van der Waals surface area contributed by atoms with E-state index in [4.69, 9.17) is 0 Å². The van der Waals surface area contributed by atoms with Crippen molar-refractivity contribution in [3.05, 3.63) is 29.8 Å². The Labute approximate surface area is 111 Å². The first-order valence-electron chi connectivity index (χ1n) is 6.62. The molecular formula is C15H17F2NO. The van der Waals surface area contributed by atoms with Crippen LogP contribution in [0.5, 0.6) is 0 Å². The molecule has 1 unspecified atom stereocenters. The van der Waals surface area contributed by atoms with E-state index in [1.54, 1.807) is 26.1 Å². The van der Waals surface area contributed by atoms with Gasteiger partial charge in [0.2, 0.25) is 5.91 Å². The lowest BCUT2D eigenvalue weighted by Gasteiger charge is -2.28. The van der Waals surface area contributed by atoms with Crippen LogP contribution in [0.2, 0.25) is 0 Å². The molecule has 1 heterocycles. The molecule has 3 rings (SSSR count). The molecular weight excluding hydrogens is 248 g/mol. The van der Waals surface area contributed by atoms with E-state index in [9.17, 15) is 13.6 Å². The number of likely N-dealkylation sites (N-methyl/N-ethyl adjacent to an activating group) is 1. The van der Waals surface area contributed by atoms with Crippen molar-refractivity contribution in [3.63, 3.8) is 0 Å². The molecule has 19 heavy (non-hydrogen) atoms. The fraction of sp³-hybridized carbons (Fsp3) is 0.533. The van der Waals surface area contributed by atoms with Gasteiger partial charge in [-0.15, -0.1) is 0 Å². The molecule has 2 nitrogen and oxygen atoms in total. The van der Waals surface area contributed by atoms with Gasteiger partial charge in [-0.1, -0.05) is 18.2 Å². The monoisotopic (exact) mass is 265 g/mol. The van der Waals surface area contributed by atoms with E-state index in [1.807, 2.05) is 12.1 Å². The number of fused-ring (bicyclic) bond motifs is 1. The van der Waals surface area contributed by atoms with E-state index in [1.165, 1.54) is 4.90 Å². The maximum atomic E-state index is 14.1. The highest BCUT2D eigenvalue weighted by Gasteiger charge is 2.56. The number of hydrogen-bond donors (Lipinski definition) is 0. The maximum Gasteiger partial charge on any atom is 0.252 e. The SMILES string of the molecule is CN1C(=O)C(C)(CC(F)(F)C2CC2)c2ccccc21. The minimum Gasteiger partial charge on any atom is -0.314 e. The quantitative estimate of drug-likeness (QED) is 0.820. The number of benzene rings is 1. The van der Waals surface area contributed by atoms with E-state index < -0.39 is 17.3 Å². The zero-order valence-corrected chi connectivity index (χ0v) is 11.1. The first-order chi connectivity index (χ1) is 8.86. The fourth-order valence-corrected chi connectivity index (χ4v) is 3.12. The predicted molar refractivity (Wildman–Crippen MR) is 69.5 cm³/mol. The third-order valence-electron chi connectivity index (χ3n) is 4.40. The molecule has 1 amide bonds. The van der Waals surface area contributed by atoms with E-state index in [2.05, 4.69) is 0 Å². The van der Waals surface area contributed by atoms with Gasteiger partial charge >= 0.3 is 0 Å². The lowest BCUT2D eigenvalue weighted by atomic mass is 9.77. The smallest absolute Gasteiger partial charge is 0.252 e. The summed E-state index contributed by atoms with van der Waals surface area (Å²) in [6, 6.07) is 7.24. The van der Waals surface area contributed by atoms with Crippen molar-refractivity contribution in [1.82, 2.24) is 0 Å². The van der Waals surface area contributed by atoms with Gasteiger partial charge in [-0.2, -0.15) is 0 Å². The Bertz CT molecular complexity index is 539. The van der Waals surface area contributed by atoms with Gasteiger partial charge in [0.05, 0.1) is 5.41 Å². The minimum atomic E-state index is -2.75. The molecule has 0 spiro atoms. The number of alkyl halides is 2. The number of para-hydroxylation sites is 1. The average Bonchev–Trinajstić information content (AvgIpc) is 3.18. The van der Waals surface area contributed by atoms with Crippen LogP contribution >= 0.6 is 0 Å². The average molecular weight is 265 g/mol. The van der Waals surface area contributed by atoms with Crippen LogP contribution in [0.25, 0.3) is 0 Å². The van der Waals surface area contributed by atoms with Crippen molar-refractivity contribution in [2.45, 2.75) is 37.5 Å². The van der Waals surface area contributed by atoms with E-state index in [-0.39, 0.29) is 12.3 Å². The molecule has 2 aliphatic rings. The lowest BCUT2D eigenvalue weighted by molar-refractivity contribution is -0.127. The largest absolute Gasteiger partial charge is 0.314 e. The number of rotatable bonds is 3. The van der Waals surface area contributed by atoms with Gasteiger partial charge in [-0.25, -0.2) is 8.78 Å². The summed E-state index contributed by atoms with van der Waals surface area (Å²) >= 11 is 0. The number of nitrogens with zero attached hydrogens (tertiary/aromatic N) is 1. The topological polar surface area (TPSA) is 20.3 Å². The van der Waals surface area contributed by atoms with Crippen molar-refractivity contribution in [3.8, 4) is 0 Å². The molecule has 1 saturated carbocycles. The second kappa shape index (κ2) is 3.78. The van der Waals surface area contributed by atoms with Gasteiger partial charge in [-0.05, 0) is 31.4 Å². The number of hydrogen-bond acceptors (Lipinski definition) is 1. The molecule has 1 aromatic carbocycles. The molecule has 0 aromatic heterocycles. The molecule has 1 atom stereocenters. The Balaban J connectivity index is 2.01. The van der Waals surface area contributed by atoms with Crippen LogP contribution < -0.4 is 4.90 Å². The molecule has 4 heteroatoms. The first kappa shape index (κ1) is 12.6. The molecule has 102 valence electrons. The second-order valence-electron chi connectivity index (χ2n) is 5.93. The third-order valence-corrected chi connectivity index (χ3v) is 4.40. The van der Waals surface area contributed by atoms with Crippen molar-refractivity contribution in [2.75, 3.05) is 11.9 Å². The highest BCUT2D eigenvalue weighted by atomic mass is 19.3. The molecule has 0 saturated heterocycles. The lowest BCUT2D eigenvalue weighted by Crippen LogP contribution is -2.41. The third kappa shape index (κ3) is 1.77. The van der Waals surface area contributed by atoms with Crippen LogP contribution in [0.3, 0.4) is 0 Å². The normalized spacial score (nSPS) is 26.7. The maximum absolute atomic E-state index is 14.1. The Morgan fingerprint density at radius 1 is 1.37 bits per heavy atom. The summed E-state index contributed by atoms with van der Waals surface area (Å²) in [4.78, 5) is 13.9. The standard InChI is InChI=1S/C15H17F2NO/c1-14(9-15(16,17)10-7-8-10)11-5-3-4-6-12(11)18(2)13(14)19/h3-6,10H,7-9H2,1-2H3. The highest BCUT2D eigenvalue weighted by Crippen LogP contribution is 2.52. The molecule has 0 bridgehead atoms. The molecule has 1 aromatic rings. The zero-order valence-electron chi connectivity index (χ0n) is 11.1. The molecule has 1 fully saturated rings. The van der Waals surface area contributed by atoms with Crippen LogP contribution in [-0.2, 0) is 10.2 Å².